The van der Waals surface area contributed by atoms with Gasteiger partial charge in [-0.2, -0.15) is 0 Å². The number of aliphatic hydroxyl groups is 1. The molecule has 3 heterocycles. The number of carbonyl (C=O) groups excluding carboxylic acids is 3. The van der Waals surface area contributed by atoms with Crippen molar-refractivity contribution in [3.05, 3.63) is 63.7 Å². The fourth-order valence-electron chi connectivity index (χ4n) is 4.86. The molecular formula is C31H32N2O9S. The lowest BCUT2D eigenvalue weighted by molar-refractivity contribution is -0.132. The summed E-state index contributed by atoms with van der Waals surface area (Å²) in [5.74, 6) is -0.994. The Balaban J connectivity index is 1.66. The predicted molar refractivity (Wildman–Crippen MR) is 158 cm³/mol. The van der Waals surface area contributed by atoms with Gasteiger partial charge in [-0.05, 0) is 56.2 Å². The van der Waals surface area contributed by atoms with Gasteiger partial charge in [-0.3, -0.25) is 14.5 Å². The Bertz CT molecular complexity index is 1600. The van der Waals surface area contributed by atoms with Crippen LogP contribution in [0.5, 0.6) is 23.0 Å². The summed E-state index contributed by atoms with van der Waals surface area (Å²) < 4.78 is 27.9. The number of carbonyl (C=O) groups is 3. The van der Waals surface area contributed by atoms with E-state index in [4.69, 9.17) is 23.7 Å². The summed E-state index contributed by atoms with van der Waals surface area (Å²) in [5, 5.41) is 11.7. The second-order valence-electron chi connectivity index (χ2n) is 9.77. The Morgan fingerprint density at radius 3 is 2.58 bits per heavy atom. The number of benzene rings is 2. The van der Waals surface area contributed by atoms with Crippen molar-refractivity contribution in [2.45, 2.75) is 39.7 Å². The number of ketones is 1. The lowest BCUT2D eigenvalue weighted by Crippen LogP contribution is -2.29. The van der Waals surface area contributed by atoms with Crippen LogP contribution in [0.3, 0.4) is 0 Å². The van der Waals surface area contributed by atoms with Crippen molar-refractivity contribution in [1.29, 1.82) is 0 Å². The fourth-order valence-corrected chi connectivity index (χ4v) is 5.85. The van der Waals surface area contributed by atoms with Gasteiger partial charge in [0, 0.05) is 5.56 Å². The molecule has 2 aliphatic rings. The molecule has 0 aliphatic carbocycles. The topological polar surface area (TPSA) is 134 Å². The van der Waals surface area contributed by atoms with Gasteiger partial charge in [0.2, 0.25) is 0 Å². The van der Waals surface area contributed by atoms with E-state index >= 15 is 0 Å². The second kappa shape index (κ2) is 12.7. The lowest BCUT2D eigenvalue weighted by atomic mass is 9.95. The molecule has 1 saturated heterocycles. The summed E-state index contributed by atoms with van der Waals surface area (Å²) in [5.41, 5.74) is 0.918. The number of rotatable bonds is 10. The van der Waals surface area contributed by atoms with Crippen LogP contribution in [0.1, 0.15) is 59.2 Å². The van der Waals surface area contributed by atoms with Crippen molar-refractivity contribution in [2.75, 3.05) is 38.4 Å². The number of amides is 1. The zero-order valence-electron chi connectivity index (χ0n) is 24.3. The molecule has 0 spiro atoms. The third kappa shape index (κ3) is 5.74. The van der Waals surface area contributed by atoms with Crippen LogP contribution in [0.15, 0.2) is 42.0 Å². The highest BCUT2D eigenvalue weighted by Gasteiger charge is 2.48. The highest BCUT2D eigenvalue weighted by molar-refractivity contribution is 7.17. The molecule has 226 valence electrons. The van der Waals surface area contributed by atoms with E-state index in [9.17, 15) is 19.5 Å². The number of anilines is 1. The van der Waals surface area contributed by atoms with Crippen molar-refractivity contribution >= 4 is 39.9 Å². The van der Waals surface area contributed by atoms with Gasteiger partial charge in [-0.1, -0.05) is 30.7 Å². The maximum Gasteiger partial charge on any atom is 0.350 e. The van der Waals surface area contributed by atoms with Gasteiger partial charge in [0.1, 0.15) is 23.9 Å². The molecule has 5 rings (SSSR count). The highest BCUT2D eigenvalue weighted by atomic mass is 32.1. The van der Waals surface area contributed by atoms with E-state index in [2.05, 4.69) is 11.9 Å². The Kier molecular flexibility index (Phi) is 8.86. The van der Waals surface area contributed by atoms with Crippen molar-refractivity contribution < 1.29 is 43.2 Å². The second-order valence-corrected chi connectivity index (χ2v) is 10.7. The first-order valence-corrected chi connectivity index (χ1v) is 14.8. The number of esters is 1. The minimum absolute atomic E-state index is 0.108. The number of methoxy groups -OCH3 is 1. The smallest absolute Gasteiger partial charge is 0.350 e. The summed E-state index contributed by atoms with van der Waals surface area (Å²) in [6, 6.07) is 8.75. The van der Waals surface area contributed by atoms with Crippen LogP contribution in [0.25, 0.3) is 5.76 Å². The zero-order chi connectivity index (χ0) is 30.7. The Morgan fingerprint density at radius 2 is 1.86 bits per heavy atom. The van der Waals surface area contributed by atoms with Crippen molar-refractivity contribution in [3.8, 4) is 23.0 Å². The average molecular weight is 609 g/mol. The molecule has 43 heavy (non-hydrogen) atoms. The van der Waals surface area contributed by atoms with Crippen LogP contribution in [0, 0.1) is 6.92 Å². The molecule has 3 aromatic rings. The van der Waals surface area contributed by atoms with E-state index in [1.165, 1.54) is 12.0 Å². The molecule has 1 aromatic heterocycles. The highest BCUT2D eigenvalue weighted by Crippen LogP contribution is 2.46. The van der Waals surface area contributed by atoms with Crippen LogP contribution >= 0.6 is 11.3 Å². The maximum atomic E-state index is 13.7. The number of hydrogen-bond acceptors (Lipinski definition) is 11. The lowest BCUT2D eigenvalue weighted by Gasteiger charge is -2.24. The molecule has 1 fully saturated rings. The maximum absolute atomic E-state index is 13.7. The quantitative estimate of drug-likeness (QED) is 0.107. The summed E-state index contributed by atoms with van der Waals surface area (Å²) in [6.45, 7) is 6.75. The van der Waals surface area contributed by atoms with Gasteiger partial charge in [0.15, 0.2) is 28.1 Å². The van der Waals surface area contributed by atoms with Gasteiger partial charge in [-0.15, -0.1) is 0 Å². The van der Waals surface area contributed by atoms with Crippen LogP contribution in [0.2, 0.25) is 0 Å². The molecular weight excluding hydrogens is 576 g/mol. The van der Waals surface area contributed by atoms with Crippen molar-refractivity contribution in [3.63, 3.8) is 0 Å². The Hall–Kier alpha value is -4.58. The molecule has 2 aromatic carbocycles. The summed E-state index contributed by atoms with van der Waals surface area (Å²) in [6.07, 6.45) is 1.81. The van der Waals surface area contributed by atoms with Crippen LogP contribution in [-0.2, 0) is 14.3 Å². The molecule has 1 unspecified atom stereocenters. The zero-order valence-corrected chi connectivity index (χ0v) is 25.1. The van der Waals surface area contributed by atoms with E-state index in [1.807, 2.05) is 0 Å². The molecule has 0 bridgehead atoms. The van der Waals surface area contributed by atoms with E-state index in [0.29, 0.717) is 54.1 Å². The number of Topliss-reactive ketones (excluding diaryl/α,β-unsaturated/α-hetero) is 1. The monoisotopic (exact) mass is 608 g/mol. The van der Waals surface area contributed by atoms with Gasteiger partial charge < -0.3 is 28.8 Å². The van der Waals surface area contributed by atoms with Crippen LogP contribution in [-0.4, -0.2) is 61.3 Å². The number of thiazole rings is 1. The minimum Gasteiger partial charge on any atom is -0.507 e. The molecule has 1 amide bonds. The number of aryl methyl sites for hydroxylation is 1. The number of aromatic nitrogens is 1. The van der Waals surface area contributed by atoms with Crippen molar-refractivity contribution in [2.24, 2.45) is 0 Å². The molecule has 12 heteroatoms. The van der Waals surface area contributed by atoms with Gasteiger partial charge in [-0.25, -0.2) is 9.78 Å². The normalized spacial score (nSPS) is 17.2. The molecule has 1 N–H and O–H groups in total. The molecule has 2 aliphatic heterocycles. The largest absolute Gasteiger partial charge is 0.507 e. The first kappa shape index (κ1) is 29.9. The van der Waals surface area contributed by atoms with E-state index in [-0.39, 0.29) is 27.8 Å². The minimum atomic E-state index is -1.10. The van der Waals surface area contributed by atoms with Gasteiger partial charge >= 0.3 is 11.9 Å². The fraction of sp³-hybridized carbons (Fsp3) is 0.355. The van der Waals surface area contributed by atoms with E-state index in [0.717, 1.165) is 24.2 Å². The molecule has 1 atom stereocenters. The Labute approximate surface area is 252 Å². The number of nitrogens with zero attached hydrogens (tertiary/aromatic N) is 2. The first-order valence-electron chi connectivity index (χ1n) is 13.9. The third-order valence-electron chi connectivity index (χ3n) is 6.97. The van der Waals surface area contributed by atoms with E-state index in [1.54, 1.807) is 50.2 Å². The SMILES string of the molecule is CCCCOc1ccc(C2/C(=C(\O)c3ccc4c(c3)OCCO4)C(=O)C(=O)N2c2nc(C)c(C(=O)OCC)s2)cc1OC. The molecule has 11 nitrogen and oxygen atoms in total. The predicted octanol–water partition coefficient (Wildman–Crippen LogP) is 5.21. The number of aliphatic hydroxyl groups excluding tert-OH is 1. The number of hydrogen-bond donors (Lipinski definition) is 1. The molecule has 0 saturated carbocycles. The average Bonchev–Trinajstić information content (AvgIpc) is 3.53. The molecule has 0 radical (unpaired) electrons. The van der Waals surface area contributed by atoms with Crippen LogP contribution in [0.4, 0.5) is 5.13 Å². The Morgan fingerprint density at radius 1 is 1.09 bits per heavy atom. The van der Waals surface area contributed by atoms with Gasteiger partial charge in [0.05, 0.1) is 37.6 Å². The van der Waals surface area contributed by atoms with Gasteiger partial charge in [0.25, 0.3) is 5.78 Å². The number of ether oxygens (including phenoxy) is 5. The number of fused-ring (bicyclic) bond motifs is 1. The first-order chi connectivity index (χ1) is 20.8. The van der Waals surface area contributed by atoms with Crippen molar-refractivity contribution in [1.82, 2.24) is 4.98 Å². The summed E-state index contributed by atoms with van der Waals surface area (Å²) in [4.78, 5) is 45.8. The van der Waals surface area contributed by atoms with E-state index < -0.39 is 29.5 Å². The standard InChI is InChI=1S/C31H32N2O9S/c1-5-7-12-40-20-10-8-18(15-22(20)38-4)25-24(26(34)19-9-11-21-23(16-19)42-14-13-41-21)27(35)29(36)33(25)31-32-17(3)28(43-31)30(37)39-6-2/h8-11,15-16,25,34H,5-7,12-14H2,1-4H3/b26-24+. The third-order valence-corrected chi connectivity index (χ3v) is 8.11. The summed E-state index contributed by atoms with van der Waals surface area (Å²) in [7, 11) is 1.49. The number of unbranched alkanes of at least 4 members (excludes halogenated alkanes) is 1. The van der Waals surface area contributed by atoms with Crippen LogP contribution < -0.4 is 23.8 Å². The summed E-state index contributed by atoms with van der Waals surface area (Å²) >= 11 is 0.934.